The average Bonchev–Trinajstić information content (AvgIpc) is 3.16. The van der Waals surface area contributed by atoms with E-state index in [0.29, 0.717) is 22.5 Å². The molecule has 8 nitrogen and oxygen atoms in total. The number of aryl methyl sites for hydroxylation is 2. The Morgan fingerprint density at radius 3 is 2.31 bits per heavy atom. The third-order valence-electron chi connectivity index (χ3n) is 5.36. The van der Waals surface area contributed by atoms with E-state index < -0.39 is 5.97 Å². The van der Waals surface area contributed by atoms with Crippen LogP contribution in [0.4, 0.5) is 5.69 Å². The second-order valence-corrected chi connectivity index (χ2v) is 8.01. The maximum atomic E-state index is 13.1. The molecule has 0 spiro atoms. The number of carbonyl (C=O) groups excluding carboxylic acids is 2. The van der Waals surface area contributed by atoms with Crippen molar-refractivity contribution in [2.75, 3.05) is 5.01 Å². The number of carbonyl (C=O) groups is 2. The number of aromatic nitrogens is 2. The van der Waals surface area contributed by atoms with Crippen molar-refractivity contribution >= 4 is 40.4 Å². The van der Waals surface area contributed by atoms with Gasteiger partial charge in [-0.2, -0.15) is 10.1 Å². The fourth-order valence-electron chi connectivity index (χ4n) is 3.66. The standard InChI is InChI=1S/C24H24N4O4/c1-14(2)32-23(30)17-7-9-18(10-8-17)28-22(29)19(15(3)25-28)12-16-6-11-20-21(13-16)27(5)24(31)26(20)4/h6-14H,1-5H3. The lowest BCUT2D eigenvalue weighted by atomic mass is 10.1. The van der Waals surface area contributed by atoms with E-state index in [0.717, 1.165) is 16.6 Å². The Balaban J connectivity index is 1.62. The molecule has 0 radical (unpaired) electrons. The van der Waals surface area contributed by atoms with Gasteiger partial charge in [-0.3, -0.25) is 13.9 Å². The molecule has 8 heteroatoms. The van der Waals surface area contributed by atoms with Crippen LogP contribution >= 0.6 is 0 Å². The molecule has 0 saturated carbocycles. The molecule has 1 aliphatic rings. The molecule has 0 unspecified atom stereocenters. The molecule has 1 aliphatic heterocycles. The number of nitrogens with zero attached hydrogens (tertiary/aromatic N) is 4. The lowest BCUT2D eigenvalue weighted by Crippen LogP contribution is -2.21. The number of hydrazone groups is 1. The number of amides is 1. The predicted molar refractivity (Wildman–Crippen MR) is 124 cm³/mol. The first-order valence-electron chi connectivity index (χ1n) is 10.3. The van der Waals surface area contributed by atoms with Crippen molar-refractivity contribution in [2.24, 2.45) is 19.2 Å². The normalized spacial score (nSPS) is 15.2. The van der Waals surface area contributed by atoms with Crippen LogP contribution in [0.25, 0.3) is 17.1 Å². The van der Waals surface area contributed by atoms with Crippen LogP contribution in [-0.4, -0.2) is 32.8 Å². The van der Waals surface area contributed by atoms with Gasteiger partial charge in [-0.05, 0) is 68.8 Å². The molecule has 164 valence electrons. The largest absolute Gasteiger partial charge is 0.459 e. The summed E-state index contributed by atoms with van der Waals surface area (Å²) >= 11 is 0. The molecule has 32 heavy (non-hydrogen) atoms. The number of esters is 1. The van der Waals surface area contributed by atoms with E-state index in [-0.39, 0.29) is 17.7 Å². The summed E-state index contributed by atoms with van der Waals surface area (Å²) in [7, 11) is 3.45. The number of hydrogen-bond acceptors (Lipinski definition) is 5. The molecule has 2 heterocycles. The van der Waals surface area contributed by atoms with Gasteiger partial charge in [0.25, 0.3) is 5.91 Å². The summed E-state index contributed by atoms with van der Waals surface area (Å²) in [5, 5.41) is 5.71. The summed E-state index contributed by atoms with van der Waals surface area (Å²) in [6.07, 6.45) is 1.56. The van der Waals surface area contributed by atoms with Crippen LogP contribution in [0.2, 0.25) is 0 Å². The summed E-state index contributed by atoms with van der Waals surface area (Å²) < 4.78 is 8.35. The van der Waals surface area contributed by atoms with E-state index in [4.69, 9.17) is 4.74 Å². The molecule has 2 aromatic carbocycles. The molecule has 0 N–H and O–H groups in total. The Kier molecular flexibility index (Phi) is 5.30. The van der Waals surface area contributed by atoms with E-state index in [9.17, 15) is 14.4 Å². The molecular formula is C24H24N4O4. The Morgan fingerprint density at radius 1 is 1.00 bits per heavy atom. The number of ether oxygens (including phenoxy) is 1. The van der Waals surface area contributed by atoms with Crippen LogP contribution in [0.5, 0.6) is 0 Å². The Labute approximate surface area is 185 Å². The summed E-state index contributed by atoms with van der Waals surface area (Å²) in [4.78, 5) is 37.3. The van der Waals surface area contributed by atoms with E-state index in [1.54, 1.807) is 74.3 Å². The lowest BCUT2D eigenvalue weighted by Gasteiger charge is -2.13. The third-order valence-corrected chi connectivity index (χ3v) is 5.36. The maximum absolute atomic E-state index is 13.1. The zero-order valence-electron chi connectivity index (χ0n) is 18.6. The SMILES string of the molecule is CC1=NN(c2ccc(C(=O)OC(C)C)cc2)C(=O)C1=Cc1ccc2c(c1)n(C)c(=O)n2C. The molecule has 0 bridgehead atoms. The van der Waals surface area contributed by atoms with Crippen molar-refractivity contribution < 1.29 is 14.3 Å². The van der Waals surface area contributed by atoms with Crippen molar-refractivity contribution in [1.82, 2.24) is 9.13 Å². The minimum Gasteiger partial charge on any atom is -0.459 e. The predicted octanol–water partition coefficient (Wildman–Crippen LogP) is 3.25. The van der Waals surface area contributed by atoms with Gasteiger partial charge < -0.3 is 4.74 Å². The van der Waals surface area contributed by atoms with Crippen LogP contribution in [0.3, 0.4) is 0 Å². The monoisotopic (exact) mass is 432 g/mol. The Bertz CT molecular complexity index is 1360. The van der Waals surface area contributed by atoms with Crippen LogP contribution in [0, 0.1) is 0 Å². The summed E-state index contributed by atoms with van der Waals surface area (Å²) in [6, 6.07) is 12.2. The second-order valence-electron chi connectivity index (χ2n) is 8.01. The highest BCUT2D eigenvalue weighted by molar-refractivity contribution is 6.32. The van der Waals surface area contributed by atoms with E-state index in [2.05, 4.69) is 5.10 Å². The summed E-state index contributed by atoms with van der Waals surface area (Å²) in [5.74, 6) is -0.674. The molecule has 0 aliphatic carbocycles. The minimum absolute atomic E-state index is 0.105. The van der Waals surface area contributed by atoms with Gasteiger partial charge >= 0.3 is 11.7 Å². The van der Waals surface area contributed by atoms with Gasteiger partial charge in [0, 0.05) is 14.1 Å². The van der Waals surface area contributed by atoms with Gasteiger partial charge in [0.15, 0.2) is 0 Å². The zero-order chi connectivity index (χ0) is 23.2. The number of benzene rings is 2. The van der Waals surface area contributed by atoms with Crippen molar-refractivity contribution in [3.63, 3.8) is 0 Å². The van der Waals surface area contributed by atoms with E-state index in [1.807, 2.05) is 18.2 Å². The van der Waals surface area contributed by atoms with Gasteiger partial charge in [-0.15, -0.1) is 0 Å². The van der Waals surface area contributed by atoms with Crippen molar-refractivity contribution in [2.45, 2.75) is 26.9 Å². The molecular weight excluding hydrogens is 408 g/mol. The topological polar surface area (TPSA) is 85.9 Å². The number of hydrogen-bond donors (Lipinski definition) is 0. The number of imidazole rings is 1. The van der Waals surface area contributed by atoms with Crippen molar-refractivity contribution in [3.8, 4) is 0 Å². The third kappa shape index (κ3) is 3.64. The first kappa shape index (κ1) is 21.3. The second kappa shape index (κ2) is 7.96. The van der Waals surface area contributed by atoms with Gasteiger partial charge in [0.2, 0.25) is 0 Å². The molecule has 1 amide bonds. The number of fused-ring (bicyclic) bond motifs is 1. The molecule has 3 aromatic rings. The first-order chi connectivity index (χ1) is 15.2. The summed E-state index contributed by atoms with van der Waals surface area (Å²) in [6.45, 7) is 5.35. The van der Waals surface area contributed by atoms with E-state index in [1.165, 1.54) is 5.01 Å². The highest BCUT2D eigenvalue weighted by Crippen LogP contribution is 2.26. The fourth-order valence-corrected chi connectivity index (χ4v) is 3.66. The van der Waals surface area contributed by atoms with Crippen molar-refractivity contribution in [3.05, 3.63) is 69.6 Å². The van der Waals surface area contributed by atoms with Crippen LogP contribution < -0.4 is 10.7 Å². The lowest BCUT2D eigenvalue weighted by molar-refractivity contribution is -0.114. The molecule has 0 saturated heterocycles. The quantitative estimate of drug-likeness (QED) is 0.468. The van der Waals surface area contributed by atoms with Crippen LogP contribution in [0.1, 0.15) is 36.7 Å². The first-order valence-corrected chi connectivity index (χ1v) is 10.3. The molecule has 4 rings (SSSR count). The van der Waals surface area contributed by atoms with Gasteiger partial charge in [-0.1, -0.05) is 6.07 Å². The van der Waals surface area contributed by atoms with Crippen molar-refractivity contribution in [1.29, 1.82) is 0 Å². The zero-order valence-corrected chi connectivity index (χ0v) is 18.6. The number of anilines is 1. The average molecular weight is 432 g/mol. The Morgan fingerprint density at radius 2 is 1.66 bits per heavy atom. The highest BCUT2D eigenvalue weighted by atomic mass is 16.5. The molecule has 0 fully saturated rings. The fraction of sp³-hybridized carbons (Fsp3) is 0.250. The minimum atomic E-state index is -0.412. The maximum Gasteiger partial charge on any atom is 0.338 e. The van der Waals surface area contributed by atoms with Gasteiger partial charge in [-0.25, -0.2) is 9.59 Å². The van der Waals surface area contributed by atoms with Crippen LogP contribution in [-0.2, 0) is 23.6 Å². The van der Waals surface area contributed by atoms with Crippen LogP contribution in [0.15, 0.2) is 57.9 Å². The number of rotatable bonds is 4. The molecule has 0 atom stereocenters. The van der Waals surface area contributed by atoms with E-state index >= 15 is 0 Å². The Hall–Kier alpha value is -3.94. The summed E-state index contributed by atoms with van der Waals surface area (Å²) in [5.41, 5.74) is 4.31. The van der Waals surface area contributed by atoms with Gasteiger partial charge in [0.1, 0.15) is 0 Å². The smallest absolute Gasteiger partial charge is 0.338 e. The van der Waals surface area contributed by atoms with Gasteiger partial charge in [0.05, 0.1) is 39.7 Å². The highest BCUT2D eigenvalue weighted by Gasteiger charge is 2.29. The molecule has 1 aromatic heterocycles.